The molecule has 8 heteroatoms. The summed E-state index contributed by atoms with van der Waals surface area (Å²) in [6, 6.07) is 4.47. The molecule has 0 aromatic heterocycles. The van der Waals surface area contributed by atoms with Gasteiger partial charge in [0.05, 0.1) is 31.0 Å². The molecule has 1 saturated heterocycles. The molecule has 0 aliphatic carbocycles. The summed E-state index contributed by atoms with van der Waals surface area (Å²) < 4.78 is 5.24. The molecule has 1 fully saturated rings. The molecule has 24 heavy (non-hydrogen) atoms. The number of halogens is 2. The van der Waals surface area contributed by atoms with Gasteiger partial charge in [-0.2, -0.15) is 0 Å². The van der Waals surface area contributed by atoms with Gasteiger partial charge in [-0.15, -0.1) is 0 Å². The Balaban J connectivity index is 1.91. The van der Waals surface area contributed by atoms with Gasteiger partial charge < -0.3 is 19.9 Å². The number of benzene rings is 1. The number of rotatable bonds is 5. The summed E-state index contributed by atoms with van der Waals surface area (Å²) in [5.74, 6) is -0.192. The maximum absolute atomic E-state index is 12.4. The second-order valence-corrected chi connectivity index (χ2v) is 6.70. The molecular formula is C16H22Cl2N3O3+. The predicted octanol–water partition coefficient (Wildman–Crippen LogP) is 0.694. The number of likely N-dealkylation sites (N-methyl/N-ethyl adjacent to an activating group) is 1. The molecule has 1 aromatic rings. The highest BCUT2D eigenvalue weighted by molar-refractivity contribution is 6.35. The average Bonchev–Trinajstić information content (AvgIpc) is 2.58. The zero-order valence-corrected chi connectivity index (χ0v) is 15.3. The number of morpholine rings is 1. The SMILES string of the molecule is C[C@H](C(=O)Nc1cc(Cl)ccc1Cl)[NH+](C)CC(=O)N1CCOCC1. The minimum atomic E-state index is -0.412. The minimum Gasteiger partial charge on any atom is -0.378 e. The van der Waals surface area contributed by atoms with Gasteiger partial charge in [-0.25, -0.2) is 0 Å². The second-order valence-electron chi connectivity index (χ2n) is 5.85. The summed E-state index contributed by atoms with van der Waals surface area (Å²) in [6.45, 7) is 4.35. The van der Waals surface area contributed by atoms with Crippen molar-refractivity contribution in [2.75, 3.05) is 45.2 Å². The first-order valence-electron chi connectivity index (χ1n) is 7.82. The van der Waals surface area contributed by atoms with Crippen LogP contribution in [-0.2, 0) is 14.3 Å². The molecule has 0 bridgehead atoms. The maximum atomic E-state index is 12.4. The Hall–Kier alpha value is -1.34. The van der Waals surface area contributed by atoms with Crippen molar-refractivity contribution in [2.24, 2.45) is 0 Å². The number of quaternary nitrogens is 1. The zero-order valence-electron chi connectivity index (χ0n) is 13.8. The normalized spacial score (nSPS) is 17.2. The molecular weight excluding hydrogens is 353 g/mol. The molecule has 0 saturated carbocycles. The van der Waals surface area contributed by atoms with Crippen LogP contribution in [0.15, 0.2) is 18.2 Å². The third-order valence-electron chi connectivity index (χ3n) is 4.11. The van der Waals surface area contributed by atoms with Crippen molar-refractivity contribution in [3.63, 3.8) is 0 Å². The van der Waals surface area contributed by atoms with E-state index in [9.17, 15) is 9.59 Å². The summed E-state index contributed by atoms with van der Waals surface area (Å²) >= 11 is 12.0. The fourth-order valence-electron chi connectivity index (χ4n) is 2.37. The van der Waals surface area contributed by atoms with E-state index in [4.69, 9.17) is 27.9 Å². The Morgan fingerprint density at radius 3 is 2.67 bits per heavy atom. The molecule has 2 amide bonds. The van der Waals surface area contributed by atoms with E-state index in [1.807, 2.05) is 7.05 Å². The monoisotopic (exact) mass is 374 g/mol. The van der Waals surface area contributed by atoms with Crippen molar-refractivity contribution in [1.82, 2.24) is 4.90 Å². The van der Waals surface area contributed by atoms with Gasteiger partial charge >= 0.3 is 0 Å². The fourth-order valence-corrected chi connectivity index (χ4v) is 2.71. The minimum absolute atomic E-state index is 0.0243. The molecule has 1 aliphatic heterocycles. The summed E-state index contributed by atoms with van der Waals surface area (Å²) in [6.07, 6.45) is 0. The van der Waals surface area contributed by atoms with E-state index < -0.39 is 6.04 Å². The number of ether oxygens (including phenoxy) is 1. The molecule has 0 radical (unpaired) electrons. The quantitative estimate of drug-likeness (QED) is 0.796. The van der Waals surface area contributed by atoms with Crippen LogP contribution >= 0.6 is 23.2 Å². The van der Waals surface area contributed by atoms with E-state index in [1.165, 1.54) is 0 Å². The van der Waals surface area contributed by atoms with E-state index >= 15 is 0 Å². The Bertz CT molecular complexity index is 606. The van der Waals surface area contributed by atoms with Gasteiger partial charge in [0.15, 0.2) is 12.6 Å². The number of nitrogens with one attached hydrogen (secondary N) is 2. The number of carbonyl (C=O) groups is 2. The smallest absolute Gasteiger partial charge is 0.282 e. The highest BCUT2D eigenvalue weighted by Crippen LogP contribution is 2.25. The Morgan fingerprint density at radius 1 is 1.33 bits per heavy atom. The molecule has 2 atom stereocenters. The van der Waals surface area contributed by atoms with Gasteiger partial charge in [-0.05, 0) is 25.1 Å². The maximum Gasteiger partial charge on any atom is 0.282 e. The van der Waals surface area contributed by atoms with Crippen LogP contribution < -0.4 is 10.2 Å². The lowest BCUT2D eigenvalue weighted by atomic mass is 10.2. The van der Waals surface area contributed by atoms with Gasteiger partial charge in [0.2, 0.25) is 0 Å². The van der Waals surface area contributed by atoms with Gasteiger partial charge in [0, 0.05) is 18.1 Å². The van der Waals surface area contributed by atoms with Crippen LogP contribution in [0.1, 0.15) is 6.92 Å². The van der Waals surface area contributed by atoms with Crippen LogP contribution in [0.25, 0.3) is 0 Å². The molecule has 0 spiro atoms. The number of anilines is 1. The Kier molecular flexibility index (Phi) is 6.86. The summed E-state index contributed by atoms with van der Waals surface area (Å²) in [5, 5.41) is 3.67. The standard InChI is InChI=1S/C16H21Cl2N3O3/c1-11(16(23)19-14-9-12(17)3-4-13(14)18)20(2)10-15(22)21-5-7-24-8-6-21/h3-4,9,11H,5-8,10H2,1-2H3,(H,19,23)/p+1/t11-/m1/s1. The first-order chi connectivity index (χ1) is 11.4. The summed E-state index contributed by atoms with van der Waals surface area (Å²) in [7, 11) is 1.82. The Labute approximate surface area is 151 Å². The van der Waals surface area contributed by atoms with Gasteiger partial charge in [-0.3, -0.25) is 9.59 Å². The lowest BCUT2D eigenvalue weighted by molar-refractivity contribution is -0.886. The summed E-state index contributed by atoms with van der Waals surface area (Å²) in [4.78, 5) is 27.2. The first-order valence-corrected chi connectivity index (χ1v) is 8.58. The van der Waals surface area contributed by atoms with Crippen LogP contribution in [0.3, 0.4) is 0 Å². The number of nitrogens with zero attached hydrogens (tertiary/aromatic N) is 1. The van der Waals surface area contributed by atoms with Crippen molar-refractivity contribution in [3.05, 3.63) is 28.2 Å². The van der Waals surface area contributed by atoms with Crippen molar-refractivity contribution in [3.8, 4) is 0 Å². The lowest BCUT2D eigenvalue weighted by Crippen LogP contribution is -3.15. The van der Waals surface area contributed by atoms with Crippen LogP contribution in [0.2, 0.25) is 10.0 Å². The highest BCUT2D eigenvalue weighted by Gasteiger charge is 2.27. The Morgan fingerprint density at radius 2 is 2.00 bits per heavy atom. The average molecular weight is 375 g/mol. The third kappa shape index (κ3) is 5.08. The van der Waals surface area contributed by atoms with E-state index in [0.29, 0.717) is 42.0 Å². The largest absolute Gasteiger partial charge is 0.378 e. The van der Waals surface area contributed by atoms with Crippen LogP contribution in [0.4, 0.5) is 5.69 Å². The number of carbonyl (C=O) groups excluding carboxylic acids is 2. The summed E-state index contributed by atoms with van der Waals surface area (Å²) in [5.41, 5.74) is 0.466. The number of hydrogen-bond donors (Lipinski definition) is 2. The molecule has 1 aromatic carbocycles. The van der Waals surface area contributed by atoms with Crippen LogP contribution in [0.5, 0.6) is 0 Å². The molecule has 1 aliphatic rings. The molecule has 132 valence electrons. The molecule has 1 unspecified atom stereocenters. The fraction of sp³-hybridized carbons (Fsp3) is 0.500. The van der Waals surface area contributed by atoms with Crippen molar-refractivity contribution in [1.29, 1.82) is 0 Å². The van der Waals surface area contributed by atoms with Crippen molar-refractivity contribution in [2.45, 2.75) is 13.0 Å². The van der Waals surface area contributed by atoms with Crippen LogP contribution in [-0.4, -0.2) is 62.7 Å². The molecule has 2 rings (SSSR count). The molecule has 6 nitrogen and oxygen atoms in total. The number of amides is 2. The van der Waals surface area contributed by atoms with Gasteiger partial charge in [0.25, 0.3) is 11.8 Å². The van der Waals surface area contributed by atoms with E-state index in [-0.39, 0.29) is 18.4 Å². The zero-order chi connectivity index (χ0) is 17.7. The predicted molar refractivity (Wildman–Crippen MR) is 93.7 cm³/mol. The molecule has 2 N–H and O–H groups in total. The third-order valence-corrected chi connectivity index (χ3v) is 4.68. The van der Waals surface area contributed by atoms with E-state index in [1.54, 1.807) is 30.0 Å². The second kappa shape index (κ2) is 8.67. The van der Waals surface area contributed by atoms with E-state index in [2.05, 4.69) is 5.32 Å². The van der Waals surface area contributed by atoms with Gasteiger partial charge in [-0.1, -0.05) is 23.2 Å². The highest BCUT2D eigenvalue weighted by atomic mass is 35.5. The first kappa shape index (κ1) is 19.0. The topological polar surface area (TPSA) is 63.1 Å². The van der Waals surface area contributed by atoms with Gasteiger partial charge in [0.1, 0.15) is 0 Å². The lowest BCUT2D eigenvalue weighted by Gasteiger charge is -2.28. The van der Waals surface area contributed by atoms with Crippen molar-refractivity contribution < 1.29 is 19.2 Å². The van der Waals surface area contributed by atoms with Crippen molar-refractivity contribution >= 4 is 40.7 Å². The number of hydrogen-bond acceptors (Lipinski definition) is 3. The van der Waals surface area contributed by atoms with E-state index in [0.717, 1.165) is 4.90 Å². The molecule has 1 heterocycles. The van der Waals surface area contributed by atoms with Crippen LogP contribution in [0, 0.1) is 0 Å².